The first-order valence-electron chi connectivity index (χ1n) is 9.17. The molecule has 0 aromatic carbocycles. The van der Waals surface area contributed by atoms with Crippen LogP contribution in [0.3, 0.4) is 0 Å². The smallest absolute Gasteiger partial charge is 0.283 e. The molecule has 2 aromatic rings. The van der Waals surface area contributed by atoms with Crippen LogP contribution in [-0.4, -0.2) is 46.7 Å². The fourth-order valence-corrected chi connectivity index (χ4v) is 3.78. The van der Waals surface area contributed by atoms with Gasteiger partial charge in [0, 0.05) is 12.0 Å². The molecule has 0 spiro atoms. The first-order chi connectivity index (χ1) is 12.3. The highest BCUT2D eigenvalue weighted by atomic mass is 16.4. The van der Waals surface area contributed by atoms with Crippen LogP contribution in [0.15, 0.2) is 27.2 Å². The molecule has 2 aromatic heterocycles. The number of nitrogens with zero attached hydrogens (tertiary/aromatic N) is 3. The number of hydrogen-bond donors (Lipinski definition) is 1. The first kappa shape index (κ1) is 16.3. The average Bonchev–Trinajstić information content (AvgIpc) is 3.37. The topological polar surface area (TPSA) is 84.4 Å². The molecule has 1 saturated heterocycles. The van der Waals surface area contributed by atoms with Crippen LogP contribution in [0.2, 0.25) is 0 Å². The van der Waals surface area contributed by atoms with Gasteiger partial charge in [0.25, 0.3) is 5.89 Å². The SMILES string of the molecule is O=C(CN1CCC(c2nnc(-c3ccco3)o2)CC1)NC1CCCC1. The summed E-state index contributed by atoms with van der Waals surface area (Å²) in [4.78, 5) is 14.4. The summed E-state index contributed by atoms with van der Waals surface area (Å²) in [6.45, 7) is 2.24. The summed E-state index contributed by atoms with van der Waals surface area (Å²) in [6.07, 6.45) is 8.17. The minimum Gasteiger partial charge on any atom is -0.459 e. The van der Waals surface area contributed by atoms with E-state index in [2.05, 4.69) is 20.4 Å². The fraction of sp³-hybridized carbons (Fsp3) is 0.611. The number of likely N-dealkylation sites (tertiary alicyclic amines) is 1. The average molecular weight is 344 g/mol. The Kier molecular flexibility index (Phi) is 4.83. The van der Waals surface area contributed by atoms with E-state index in [1.54, 1.807) is 12.3 Å². The molecule has 1 amide bonds. The van der Waals surface area contributed by atoms with Crippen LogP contribution >= 0.6 is 0 Å². The van der Waals surface area contributed by atoms with E-state index in [1.165, 1.54) is 12.8 Å². The Hall–Kier alpha value is -2.15. The summed E-state index contributed by atoms with van der Waals surface area (Å²) in [7, 11) is 0. The van der Waals surface area contributed by atoms with Crippen LogP contribution in [0.1, 0.15) is 50.3 Å². The molecule has 0 unspecified atom stereocenters. The van der Waals surface area contributed by atoms with E-state index in [9.17, 15) is 4.79 Å². The van der Waals surface area contributed by atoms with Crippen LogP contribution in [0.5, 0.6) is 0 Å². The van der Waals surface area contributed by atoms with Crippen molar-refractivity contribution in [3.05, 3.63) is 24.3 Å². The van der Waals surface area contributed by atoms with E-state index < -0.39 is 0 Å². The van der Waals surface area contributed by atoms with Crippen molar-refractivity contribution in [2.24, 2.45) is 0 Å². The predicted octanol–water partition coefficient (Wildman–Crippen LogP) is 2.57. The summed E-state index contributed by atoms with van der Waals surface area (Å²) >= 11 is 0. The van der Waals surface area contributed by atoms with E-state index in [0.717, 1.165) is 38.8 Å². The Morgan fingerprint density at radius 3 is 2.72 bits per heavy atom. The van der Waals surface area contributed by atoms with Crippen molar-refractivity contribution in [2.75, 3.05) is 19.6 Å². The standard InChI is InChI=1S/C18H24N4O3/c23-16(19-14-4-1-2-5-14)12-22-9-7-13(8-10-22)17-20-21-18(25-17)15-6-3-11-24-15/h3,6,11,13-14H,1-2,4-5,7-10,12H2,(H,19,23). The summed E-state index contributed by atoms with van der Waals surface area (Å²) < 4.78 is 11.0. The van der Waals surface area contributed by atoms with Gasteiger partial charge in [-0.05, 0) is 50.9 Å². The van der Waals surface area contributed by atoms with Gasteiger partial charge in [-0.15, -0.1) is 10.2 Å². The van der Waals surface area contributed by atoms with Crippen molar-refractivity contribution in [2.45, 2.75) is 50.5 Å². The second-order valence-electron chi connectivity index (χ2n) is 7.02. The molecule has 1 aliphatic carbocycles. The van der Waals surface area contributed by atoms with E-state index in [0.29, 0.717) is 30.1 Å². The van der Waals surface area contributed by atoms with Crippen molar-refractivity contribution < 1.29 is 13.6 Å². The number of nitrogens with one attached hydrogen (secondary N) is 1. The number of carbonyl (C=O) groups excluding carboxylic acids is 1. The quantitative estimate of drug-likeness (QED) is 0.897. The van der Waals surface area contributed by atoms with E-state index in [-0.39, 0.29) is 11.8 Å². The molecule has 0 bridgehead atoms. The number of piperidine rings is 1. The lowest BCUT2D eigenvalue weighted by molar-refractivity contribution is -0.123. The highest BCUT2D eigenvalue weighted by molar-refractivity contribution is 5.78. The first-order valence-corrected chi connectivity index (χ1v) is 9.17. The van der Waals surface area contributed by atoms with Crippen LogP contribution in [0.25, 0.3) is 11.7 Å². The number of aromatic nitrogens is 2. The summed E-state index contributed by atoms with van der Waals surface area (Å²) in [5, 5.41) is 11.4. The maximum absolute atomic E-state index is 12.1. The molecule has 7 nitrogen and oxygen atoms in total. The van der Waals surface area contributed by atoms with Gasteiger partial charge < -0.3 is 14.2 Å². The molecule has 0 radical (unpaired) electrons. The number of carbonyl (C=O) groups is 1. The molecule has 3 heterocycles. The maximum atomic E-state index is 12.1. The van der Waals surface area contributed by atoms with Crippen LogP contribution in [0.4, 0.5) is 0 Å². The lowest BCUT2D eigenvalue weighted by atomic mass is 9.97. The molecular weight excluding hydrogens is 320 g/mol. The molecule has 4 rings (SSSR count). The maximum Gasteiger partial charge on any atom is 0.283 e. The van der Waals surface area contributed by atoms with Gasteiger partial charge in [0.1, 0.15) is 0 Å². The van der Waals surface area contributed by atoms with Gasteiger partial charge >= 0.3 is 0 Å². The molecule has 134 valence electrons. The van der Waals surface area contributed by atoms with E-state index >= 15 is 0 Å². The minimum atomic E-state index is 0.156. The minimum absolute atomic E-state index is 0.156. The van der Waals surface area contributed by atoms with Crippen molar-refractivity contribution in [3.8, 4) is 11.7 Å². The Labute approximate surface area is 146 Å². The van der Waals surface area contributed by atoms with Crippen molar-refractivity contribution >= 4 is 5.91 Å². The van der Waals surface area contributed by atoms with Crippen LogP contribution in [0, 0.1) is 0 Å². The van der Waals surface area contributed by atoms with Crippen molar-refractivity contribution in [1.29, 1.82) is 0 Å². The largest absolute Gasteiger partial charge is 0.459 e. The zero-order valence-electron chi connectivity index (χ0n) is 14.3. The van der Waals surface area contributed by atoms with Crippen LogP contribution in [-0.2, 0) is 4.79 Å². The lowest BCUT2D eigenvalue weighted by Crippen LogP contribution is -2.43. The zero-order chi connectivity index (χ0) is 17.1. The number of amides is 1. The Morgan fingerprint density at radius 2 is 2.00 bits per heavy atom. The molecule has 1 aliphatic heterocycles. The highest BCUT2D eigenvalue weighted by Crippen LogP contribution is 2.29. The third-order valence-electron chi connectivity index (χ3n) is 5.20. The van der Waals surface area contributed by atoms with E-state index in [4.69, 9.17) is 8.83 Å². The van der Waals surface area contributed by atoms with Crippen molar-refractivity contribution in [1.82, 2.24) is 20.4 Å². The zero-order valence-corrected chi connectivity index (χ0v) is 14.3. The number of furan rings is 1. The number of rotatable bonds is 5. The Morgan fingerprint density at radius 1 is 1.20 bits per heavy atom. The summed E-state index contributed by atoms with van der Waals surface area (Å²) in [5.41, 5.74) is 0. The van der Waals surface area contributed by atoms with Gasteiger partial charge in [0.2, 0.25) is 11.8 Å². The predicted molar refractivity (Wildman–Crippen MR) is 90.8 cm³/mol. The third kappa shape index (κ3) is 3.92. The number of hydrogen-bond acceptors (Lipinski definition) is 6. The molecule has 2 fully saturated rings. The monoisotopic (exact) mass is 344 g/mol. The molecular formula is C18H24N4O3. The van der Waals surface area contributed by atoms with Crippen LogP contribution < -0.4 is 5.32 Å². The highest BCUT2D eigenvalue weighted by Gasteiger charge is 2.27. The van der Waals surface area contributed by atoms with Crippen molar-refractivity contribution in [3.63, 3.8) is 0 Å². The third-order valence-corrected chi connectivity index (χ3v) is 5.20. The summed E-state index contributed by atoms with van der Waals surface area (Å²) in [5.74, 6) is 2.10. The molecule has 25 heavy (non-hydrogen) atoms. The normalized spacial score (nSPS) is 20.2. The molecule has 1 N–H and O–H groups in total. The second kappa shape index (κ2) is 7.39. The van der Waals surface area contributed by atoms with Gasteiger partial charge in [-0.3, -0.25) is 9.69 Å². The fourth-order valence-electron chi connectivity index (χ4n) is 3.78. The molecule has 7 heteroatoms. The van der Waals surface area contributed by atoms with Gasteiger partial charge in [-0.25, -0.2) is 0 Å². The Balaban J connectivity index is 1.26. The summed E-state index contributed by atoms with van der Waals surface area (Å²) in [6, 6.07) is 4.00. The molecule has 0 atom stereocenters. The Bertz CT molecular complexity index is 683. The molecule has 1 saturated carbocycles. The van der Waals surface area contributed by atoms with E-state index in [1.807, 2.05) is 6.07 Å². The second-order valence-corrected chi connectivity index (χ2v) is 7.02. The van der Waals surface area contributed by atoms with Gasteiger partial charge in [0.15, 0.2) is 5.76 Å². The lowest BCUT2D eigenvalue weighted by Gasteiger charge is -2.30. The van der Waals surface area contributed by atoms with Gasteiger partial charge in [0.05, 0.1) is 12.8 Å². The van der Waals surface area contributed by atoms with Gasteiger partial charge in [-0.1, -0.05) is 12.8 Å². The van der Waals surface area contributed by atoms with Gasteiger partial charge in [-0.2, -0.15) is 0 Å². The molecule has 2 aliphatic rings.